The maximum Gasteiger partial charge on any atom is 0.270 e. The van der Waals surface area contributed by atoms with Crippen LogP contribution in [-0.4, -0.2) is 27.1 Å². The summed E-state index contributed by atoms with van der Waals surface area (Å²) in [5.41, 5.74) is 7.38. The molecule has 1 atom stereocenters. The van der Waals surface area contributed by atoms with E-state index in [1.807, 2.05) is 13.2 Å². The van der Waals surface area contributed by atoms with Gasteiger partial charge in [0.2, 0.25) is 11.7 Å². The quantitative estimate of drug-likeness (QED) is 0.645. The molecule has 0 radical (unpaired) electrons. The van der Waals surface area contributed by atoms with Crippen molar-refractivity contribution in [2.24, 2.45) is 5.73 Å². The lowest BCUT2D eigenvalue weighted by atomic mass is 10.1. The number of nitro benzene ring substituents is 1. The van der Waals surface area contributed by atoms with E-state index in [1.54, 1.807) is 17.8 Å². The van der Waals surface area contributed by atoms with Crippen LogP contribution in [0.2, 0.25) is 0 Å². The van der Waals surface area contributed by atoms with Crippen LogP contribution in [0.15, 0.2) is 22.7 Å². The fraction of sp³-hybridized carbons (Fsp3) is 0.385. The summed E-state index contributed by atoms with van der Waals surface area (Å²) in [6.07, 6.45) is 2.73. The lowest BCUT2D eigenvalue weighted by Gasteiger charge is -2.04. The van der Waals surface area contributed by atoms with Crippen LogP contribution in [0, 0.1) is 17.0 Å². The summed E-state index contributed by atoms with van der Waals surface area (Å²) >= 11 is 1.69. The number of non-ortho nitro benzene ring substituents is 1. The fourth-order valence-corrected chi connectivity index (χ4v) is 2.32. The third-order valence-corrected chi connectivity index (χ3v) is 3.71. The Morgan fingerprint density at radius 2 is 2.29 bits per heavy atom. The van der Waals surface area contributed by atoms with E-state index in [0.29, 0.717) is 17.3 Å². The molecule has 1 unspecified atom stereocenters. The molecule has 0 amide bonds. The average Bonchev–Trinajstić information content (AvgIpc) is 2.94. The predicted molar refractivity (Wildman–Crippen MR) is 81.1 cm³/mol. The van der Waals surface area contributed by atoms with Gasteiger partial charge in [0.15, 0.2) is 0 Å². The number of nitrogens with two attached hydrogens (primary N) is 1. The van der Waals surface area contributed by atoms with E-state index in [-0.39, 0.29) is 11.7 Å². The van der Waals surface area contributed by atoms with Crippen LogP contribution in [0.25, 0.3) is 11.4 Å². The Kier molecular flexibility index (Phi) is 4.92. The van der Waals surface area contributed by atoms with E-state index in [4.69, 9.17) is 10.3 Å². The largest absolute Gasteiger partial charge is 0.337 e. The number of hydrogen-bond acceptors (Lipinski definition) is 7. The van der Waals surface area contributed by atoms with E-state index in [1.165, 1.54) is 12.1 Å². The van der Waals surface area contributed by atoms with Crippen LogP contribution in [0.1, 0.15) is 23.9 Å². The number of nitro groups is 1. The summed E-state index contributed by atoms with van der Waals surface area (Å²) < 4.78 is 5.17. The Hall–Kier alpha value is -1.93. The first kappa shape index (κ1) is 15.5. The number of benzene rings is 1. The van der Waals surface area contributed by atoms with E-state index in [0.717, 1.165) is 17.7 Å². The number of thioether (sulfide) groups is 1. The molecule has 21 heavy (non-hydrogen) atoms. The van der Waals surface area contributed by atoms with E-state index in [2.05, 4.69) is 10.1 Å². The Morgan fingerprint density at radius 3 is 2.95 bits per heavy atom. The molecule has 0 saturated carbocycles. The zero-order valence-corrected chi connectivity index (χ0v) is 12.6. The highest BCUT2D eigenvalue weighted by atomic mass is 32.2. The van der Waals surface area contributed by atoms with Gasteiger partial charge >= 0.3 is 0 Å². The van der Waals surface area contributed by atoms with Crippen molar-refractivity contribution >= 4 is 17.4 Å². The summed E-state index contributed by atoms with van der Waals surface area (Å²) in [6.45, 7) is 1.84. The zero-order valence-electron chi connectivity index (χ0n) is 11.8. The molecule has 2 aromatic rings. The molecule has 0 saturated heterocycles. The van der Waals surface area contributed by atoms with Gasteiger partial charge in [0.25, 0.3) is 5.69 Å². The van der Waals surface area contributed by atoms with Crippen LogP contribution in [0.5, 0.6) is 0 Å². The second-order valence-electron chi connectivity index (χ2n) is 4.60. The third kappa shape index (κ3) is 3.59. The van der Waals surface area contributed by atoms with Crippen molar-refractivity contribution in [1.82, 2.24) is 10.1 Å². The first-order valence-electron chi connectivity index (χ1n) is 6.36. The number of aromatic nitrogens is 2. The number of nitrogens with zero attached hydrogens (tertiary/aromatic N) is 3. The smallest absolute Gasteiger partial charge is 0.270 e. The van der Waals surface area contributed by atoms with Gasteiger partial charge < -0.3 is 10.3 Å². The summed E-state index contributed by atoms with van der Waals surface area (Å²) in [4.78, 5) is 14.7. The Morgan fingerprint density at radius 1 is 1.52 bits per heavy atom. The minimum Gasteiger partial charge on any atom is -0.337 e. The van der Waals surface area contributed by atoms with Gasteiger partial charge in [-0.15, -0.1) is 0 Å². The standard InChI is InChI=1S/C13H16N4O3S/c1-8-3-4-9(17(18)19)7-10(8)12-15-13(20-16-12)11(14)5-6-21-2/h3-4,7,11H,5-6,14H2,1-2H3. The number of aryl methyl sites for hydroxylation is 1. The zero-order chi connectivity index (χ0) is 15.4. The monoisotopic (exact) mass is 308 g/mol. The minimum atomic E-state index is -0.450. The van der Waals surface area contributed by atoms with Crippen molar-refractivity contribution in [1.29, 1.82) is 0 Å². The summed E-state index contributed by atoms with van der Waals surface area (Å²) in [6, 6.07) is 4.23. The van der Waals surface area contributed by atoms with Crippen LogP contribution >= 0.6 is 11.8 Å². The predicted octanol–water partition coefficient (Wildman–Crippen LogP) is 2.71. The highest BCUT2D eigenvalue weighted by Gasteiger charge is 2.18. The van der Waals surface area contributed by atoms with Gasteiger partial charge in [0, 0.05) is 17.7 Å². The molecule has 112 valence electrons. The molecule has 1 aromatic heterocycles. The van der Waals surface area contributed by atoms with Crippen LogP contribution in [0.3, 0.4) is 0 Å². The maximum absolute atomic E-state index is 10.8. The Bertz CT molecular complexity index is 644. The van der Waals surface area contributed by atoms with Gasteiger partial charge in [0.1, 0.15) is 0 Å². The summed E-state index contributed by atoms with van der Waals surface area (Å²) in [5, 5.41) is 14.7. The number of hydrogen-bond donors (Lipinski definition) is 1. The molecule has 2 rings (SSSR count). The topological polar surface area (TPSA) is 108 Å². The van der Waals surface area contributed by atoms with Crippen molar-refractivity contribution in [3.8, 4) is 11.4 Å². The highest BCUT2D eigenvalue weighted by molar-refractivity contribution is 7.98. The van der Waals surface area contributed by atoms with Gasteiger partial charge in [-0.2, -0.15) is 16.7 Å². The van der Waals surface area contributed by atoms with Gasteiger partial charge in [-0.05, 0) is 30.9 Å². The van der Waals surface area contributed by atoms with Crippen LogP contribution in [-0.2, 0) is 0 Å². The molecular weight excluding hydrogens is 292 g/mol. The normalized spacial score (nSPS) is 12.3. The number of rotatable bonds is 6. The molecule has 1 heterocycles. The summed E-state index contributed by atoms with van der Waals surface area (Å²) in [7, 11) is 0. The Labute approximate surface area is 126 Å². The van der Waals surface area contributed by atoms with Gasteiger partial charge in [0.05, 0.1) is 11.0 Å². The molecule has 1 aromatic carbocycles. The first-order chi connectivity index (χ1) is 10.0. The van der Waals surface area contributed by atoms with Crippen molar-refractivity contribution in [3.05, 3.63) is 39.8 Å². The van der Waals surface area contributed by atoms with Crippen LogP contribution in [0.4, 0.5) is 5.69 Å². The van der Waals surface area contributed by atoms with E-state index in [9.17, 15) is 10.1 Å². The van der Waals surface area contributed by atoms with Crippen molar-refractivity contribution in [2.75, 3.05) is 12.0 Å². The molecule has 0 aliphatic carbocycles. The molecule has 0 spiro atoms. The lowest BCUT2D eigenvalue weighted by Crippen LogP contribution is -2.11. The molecular formula is C13H16N4O3S. The first-order valence-corrected chi connectivity index (χ1v) is 7.76. The maximum atomic E-state index is 10.8. The summed E-state index contributed by atoms with van der Waals surface area (Å²) in [5.74, 6) is 1.57. The van der Waals surface area contributed by atoms with Crippen LogP contribution < -0.4 is 5.73 Å². The second kappa shape index (κ2) is 6.68. The third-order valence-electron chi connectivity index (χ3n) is 3.06. The molecule has 0 bridgehead atoms. The van der Waals surface area contributed by atoms with E-state index >= 15 is 0 Å². The van der Waals surface area contributed by atoms with Gasteiger partial charge in [-0.1, -0.05) is 11.2 Å². The SMILES string of the molecule is CSCCC(N)c1nc(-c2cc([N+](=O)[O-])ccc2C)no1. The van der Waals surface area contributed by atoms with Gasteiger partial charge in [-0.25, -0.2) is 0 Å². The highest BCUT2D eigenvalue weighted by Crippen LogP contribution is 2.26. The Balaban J connectivity index is 2.29. The minimum absolute atomic E-state index is 0.00590. The molecule has 0 aliphatic rings. The van der Waals surface area contributed by atoms with Crippen molar-refractivity contribution in [3.63, 3.8) is 0 Å². The van der Waals surface area contributed by atoms with Crippen molar-refractivity contribution < 1.29 is 9.45 Å². The molecule has 0 aliphatic heterocycles. The lowest BCUT2D eigenvalue weighted by molar-refractivity contribution is -0.384. The average molecular weight is 308 g/mol. The fourth-order valence-electron chi connectivity index (χ4n) is 1.83. The second-order valence-corrected chi connectivity index (χ2v) is 5.59. The van der Waals surface area contributed by atoms with Gasteiger partial charge in [-0.3, -0.25) is 10.1 Å². The van der Waals surface area contributed by atoms with Crippen molar-refractivity contribution in [2.45, 2.75) is 19.4 Å². The molecule has 7 nitrogen and oxygen atoms in total. The van der Waals surface area contributed by atoms with E-state index < -0.39 is 4.92 Å². The molecule has 8 heteroatoms. The molecule has 2 N–H and O–H groups in total. The molecule has 0 fully saturated rings.